The van der Waals surface area contributed by atoms with Crippen molar-refractivity contribution in [1.82, 2.24) is 0 Å². The normalized spacial score (nSPS) is 11.4. The van der Waals surface area contributed by atoms with Crippen molar-refractivity contribution in [2.75, 3.05) is 7.11 Å². The zero-order chi connectivity index (χ0) is 12.8. The summed E-state index contributed by atoms with van der Waals surface area (Å²) in [6, 6.07) is 8.87. The quantitative estimate of drug-likeness (QED) is 0.583. The molecule has 0 amide bonds. The first-order valence-corrected chi connectivity index (χ1v) is 5.24. The van der Waals surface area contributed by atoms with Crippen molar-refractivity contribution >= 4 is 11.8 Å². The molecule has 0 aliphatic heterocycles. The summed E-state index contributed by atoms with van der Waals surface area (Å²) in [7, 11) is 1.12. The molecule has 0 saturated carbocycles. The van der Waals surface area contributed by atoms with Gasteiger partial charge in [-0.25, -0.2) is 4.79 Å². The van der Waals surface area contributed by atoms with Crippen molar-refractivity contribution in [1.29, 1.82) is 5.26 Å². The van der Waals surface area contributed by atoms with Gasteiger partial charge >= 0.3 is 5.97 Å². The summed E-state index contributed by atoms with van der Waals surface area (Å²) >= 11 is 0. The predicted molar refractivity (Wildman–Crippen MR) is 61.2 cm³/mol. The van der Waals surface area contributed by atoms with E-state index in [1.807, 2.05) is 25.1 Å². The number of carbonyl (C=O) groups excluding carboxylic acids is 2. The number of rotatable bonds is 4. The molecule has 0 aliphatic rings. The fourth-order valence-electron chi connectivity index (χ4n) is 1.45. The summed E-state index contributed by atoms with van der Waals surface area (Å²) in [5.41, 5.74) is 1.62. The van der Waals surface area contributed by atoms with Crippen LogP contribution in [-0.2, 0) is 20.7 Å². The van der Waals surface area contributed by atoms with E-state index in [9.17, 15) is 9.59 Å². The number of hydrogen-bond acceptors (Lipinski definition) is 4. The van der Waals surface area contributed by atoms with Crippen LogP contribution in [-0.4, -0.2) is 18.9 Å². The first-order chi connectivity index (χ1) is 8.13. The Labute approximate surface area is 99.8 Å². The number of aryl methyl sites for hydroxylation is 1. The maximum atomic E-state index is 11.6. The lowest BCUT2D eigenvalue weighted by atomic mass is 9.95. The molecule has 4 heteroatoms. The minimum absolute atomic E-state index is 0.514. The molecular weight excluding hydrogens is 218 g/mol. The molecule has 0 bridgehead atoms. The van der Waals surface area contributed by atoms with Crippen LogP contribution in [0.3, 0.4) is 0 Å². The summed E-state index contributed by atoms with van der Waals surface area (Å²) in [5, 5.41) is 8.94. The zero-order valence-electron chi connectivity index (χ0n) is 9.77. The van der Waals surface area contributed by atoms with E-state index in [2.05, 4.69) is 4.74 Å². The van der Waals surface area contributed by atoms with Gasteiger partial charge in [-0.15, -0.1) is 0 Å². The van der Waals surface area contributed by atoms with E-state index in [0.29, 0.717) is 5.56 Å². The molecule has 0 fully saturated rings. The fourth-order valence-corrected chi connectivity index (χ4v) is 1.45. The van der Waals surface area contributed by atoms with Gasteiger partial charge in [-0.1, -0.05) is 31.2 Å². The van der Waals surface area contributed by atoms with E-state index < -0.39 is 17.7 Å². The lowest BCUT2D eigenvalue weighted by Crippen LogP contribution is -2.22. The lowest BCUT2D eigenvalue weighted by molar-refractivity contribution is -0.151. The molecule has 0 radical (unpaired) electrons. The second kappa shape index (κ2) is 5.80. The molecule has 1 unspecified atom stereocenters. The molecular formula is C13H13NO3. The van der Waals surface area contributed by atoms with E-state index in [-0.39, 0.29) is 0 Å². The predicted octanol–water partition coefficient (Wildman–Crippen LogP) is 1.60. The number of nitriles is 1. The van der Waals surface area contributed by atoms with Crippen molar-refractivity contribution in [2.24, 2.45) is 0 Å². The Morgan fingerprint density at radius 3 is 2.35 bits per heavy atom. The van der Waals surface area contributed by atoms with E-state index in [1.165, 1.54) is 0 Å². The average Bonchev–Trinajstić information content (AvgIpc) is 2.39. The van der Waals surface area contributed by atoms with Crippen LogP contribution in [0.4, 0.5) is 0 Å². The number of benzene rings is 1. The summed E-state index contributed by atoms with van der Waals surface area (Å²) in [5.74, 6) is -2.91. The van der Waals surface area contributed by atoms with Gasteiger partial charge in [-0.2, -0.15) is 5.26 Å². The highest BCUT2D eigenvalue weighted by molar-refractivity contribution is 6.36. The van der Waals surface area contributed by atoms with Crippen LogP contribution >= 0.6 is 0 Å². The smallest absolute Gasteiger partial charge is 0.376 e. The number of methoxy groups -OCH3 is 1. The van der Waals surface area contributed by atoms with E-state index in [0.717, 1.165) is 19.1 Å². The van der Waals surface area contributed by atoms with Crippen LogP contribution in [0.5, 0.6) is 0 Å². The van der Waals surface area contributed by atoms with Crippen molar-refractivity contribution in [3.63, 3.8) is 0 Å². The number of Topliss-reactive ketones (excluding diaryl/α,β-unsaturated/α-hetero) is 1. The first-order valence-electron chi connectivity index (χ1n) is 5.24. The standard InChI is InChI=1S/C13H13NO3/c1-3-9-4-6-10(7-5-9)11(8-14)12(15)13(16)17-2/h4-7,11H,3H2,1-2H3. The molecule has 88 valence electrons. The molecule has 17 heavy (non-hydrogen) atoms. The van der Waals surface area contributed by atoms with Gasteiger partial charge in [0.25, 0.3) is 5.78 Å². The van der Waals surface area contributed by atoms with Crippen LogP contribution in [0, 0.1) is 11.3 Å². The molecule has 1 atom stereocenters. The number of nitrogens with zero attached hydrogens (tertiary/aromatic N) is 1. The molecule has 1 aromatic rings. The number of esters is 1. The van der Waals surface area contributed by atoms with Gasteiger partial charge in [0.2, 0.25) is 0 Å². The minimum atomic E-state index is -1.09. The number of carbonyl (C=O) groups is 2. The maximum absolute atomic E-state index is 11.6. The van der Waals surface area contributed by atoms with Crippen LogP contribution in [0.25, 0.3) is 0 Å². The van der Waals surface area contributed by atoms with Crippen LogP contribution in [0.15, 0.2) is 24.3 Å². The Morgan fingerprint density at radius 2 is 1.94 bits per heavy atom. The van der Waals surface area contributed by atoms with Crippen molar-refractivity contribution in [3.8, 4) is 6.07 Å². The molecule has 0 aliphatic carbocycles. The van der Waals surface area contributed by atoms with Crippen molar-refractivity contribution in [3.05, 3.63) is 35.4 Å². The SMILES string of the molecule is CCc1ccc(C(C#N)C(=O)C(=O)OC)cc1. The highest BCUT2D eigenvalue weighted by atomic mass is 16.5. The Kier molecular flexibility index (Phi) is 4.41. The summed E-state index contributed by atoms with van der Waals surface area (Å²) in [6.07, 6.45) is 0.877. The molecule has 0 heterocycles. The highest BCUT2D eigenvalue weighted by Gasteiger charge is 2.27. The average molecular weight is 231 g/mol. The number of ether oxygens (including phenoxy) is 1. The largest absolute Gasteiger partial charge is 0.463 e. The van der Waals surface area contributed by atoms with Crippen LogP contribution < -0.4 is 0 Å². The maximum Gasteiger partial charge on any atom is 0.376 e. The van der Waals surface area contributed by atoms with Crippen molar-refractivity contribution in [2.45, 2.75) is 19.3 Å². The van der Waals surface area contributed by atoms with E-state index in [1.54, 1.807) is 12.1 Å². The van der Waals surface area contributed by atoms with Gasteiger partial charge in [0.15, 0.2) is 0 Å². The van der Waals surface area contributed by atoms with E-state index in [4.69, 9.17) is 5.26 Å². The molecule has 4 nitrogen and oxygen atoms in total. The Morgan fingerprint density at radius 1 is 1.35 bits per heavy atom. The highest BCUT2D eigenvalue weighted by Crippen LogP contribution is 2.17. The van der Waals surface area contributed by atoms with Gasteiger partial charge in [0.1, 0.15) is 5.92 Å². The van der Waals surface area contributed by atoms with Gasteiger partial charge < -0.3 is 4.74 Å². The lowest BCUT2D eigenvalue weighted by Gasteiger charge is -2.07. The fraction of sp³-hybridized carbons (Fsp3) is 0.308. The van der Waals surface area contributed by atoms with Gasteiger partial charge in [0.05, 0.1) is 13.2 Å². The molecule has 0 spiro atoms. The van der Waals surface area contributed by atoms with Crippen LogP contribution in [0.2, 0.25) is 0 Å². The molecule has 1 rings (SSSR count). The van der Waals surface area contributed by atoms with Crippen LogP contribution in [0.1, 0.15) is 24.0 Å². The second-order valence-electron chi connectivity index (χ2n) is 3.51. The Bertz CT molecular complexity index is 457. The second-order valence-corrected chi connectivity index (χ2v) is 3.51. The van der Waals surface area contributed by atoms with Gasteiger partial charge in [-0.3, -0.25) is 4.79 Å². The van der Waals surface area contributed by atoms with Crippen molar-refractivity contribution < 1.29 is 14.3 Å². The zero-order valence-corrected chi connectivity index (χ0v) is 9.77. The monoisotopic (exact) mass is 231 g/mol. The summed E-state index contributed by atoms with van der Waals surface area (Å²) in [6.45, 7) is 2.01. The topological polar surface area (TPSA) is 67.2 Å². The third-order valence-corrected chi connectivity index (χ3v) is 2.50. The summed E-state index contributed by atoms with van der Waals surface area (Å²) < 4.78 is 4.32. The molecule has 0 aromatic heterocycles. The Hall–Kier alpha value is -2.15. The Balaban J connectivity index is 2.98. The third kappa shape index (κ3) is 2.91. The van der Waals surface area contributed by atoms with Gasteiger partial charge in [-0.05, 0) is 17.5 Å². The van der Waals surface area contributed by atoms with E-state index >= 15 is 0 Å². The number of hydrogen-bond donors (Lipinski definition) is 0. The summed E-state index contributed by atoms with van der Waals surface area (Å²) in [4.78, 5) is 22.6. The minimum Gasteiger partial charge on any atom is -0.463 e. The first kappa shape index (κ1) is 12.9. The molecule has 0 saturated heterocycles. The van der Waals surface area contributed by atoms with Gasteiger partial charge in [0, 0.05) is 0 Å². The number of ketones is 1. The molecule has 0 N–H and O–H groups in total. The third-order valence-electron chi connectivity index (χ3n) is 2.50. The molecule has 1 aromatic carbocycles.